The summed E-state index contributed by atoms with van der Waals surface area (Å²) in [5.41, 5.74) is 2.49. The van der Waals surface area contributed by atoms with E-state index in [-0.39, 0.29) is 18.6 Å². The van der Waals surface area contributed by atoms with E-state index in [1.807, 2.05) is 30.3 Å². The fourth-order valence-electron chi connectivity index (χ4n) is 3.59. The van der Waals surface area contributed by atoms with Gasteiger partial charge >= 0.3 is 0 Å². The highest BCUT2D eigenvalue weighted by atomic mass is 16.5. The molecule has 10 heteroatoms. The monoisotopic (exact) mass is 444 g/mol. The summed E-state index contributed by atoms with van der Waals surface area (Å²) in [5, 5.41) is 17.1. The Hall–Kier alpha value is -4.47. The van der Waals surface area contributed by atoms with Gasteiger partial charge in [-0.25, -0.2) is 9.69 Å². The predicted octanol–water partition coefficient (Wildman–Crippen LogP) is 3.02. The van der Waals surface area contributed by atoms with E-state index >= 15 is 0 Å². The van der Waals surface area contributed by atoms with Gasteiger partial charge in [-0.1, -0.05) is 0 Å². The number of hydrogen-bond donors (Lipinski definition) is 0. The van der Waals surface area contributed by atoms with E-state index in [9.17, 15) is 4.79 Å². The molecule has 0 bridgehead atoms. The number of carbonyl (C=O) groups excluding carboxylic acids is 1. The Bertz CT molecular complexity index is 1240. The van der Waals surface area contributed by atoms with Crippen molar-refractivity contribution in [3.63, 3.8) is 0 Å². The topological polar surface area (TPSA) is 108 Å². The summed E-state index contributed by atoms with van der Waals surface area (Å²) < 4.78 is 18.1. The lowest BCUT2D eigenvalue weighted by atomic mass is 10.0. The van der Waals surface area contributed by atoms with Gasteiger partial charge in [0.25, 0.3) is 5.91 Å². The molecule has 166 valence electrons. The van der Waals surface area contributed by atoms with Crippen LogP contribution in [0, 0.1) is 0 Å². The summed E-state index contributed by atoms with van der Waals surface area (Å²) in [7, 11) is 1.62. The molecule has 1 atom stereocenters. The van der Waals surface area contributed by atoms with Gasteiger partial charge in [-0.3, -0.25) is 4.79 Å². The maximum absolute atomic E-state index is 13.1. The number of amides is 1. The smallest absolute Gasteiger partial charge is 0.281 e. The van der Waals surface area contributed by atoms with Gasteiger partial charge in [0.05, 0.1) is 24.8 Å². The Balaban J connectivity index is 1.31. The minimum atomic E-state index is -0.338. The maximum Gasteiger partial charge on any atom is 0.281 e. The molecule has 5 rings (SSSR count). The van der Waals surface area contributed by atoms with Crippen molar-refractivity contribution in [1.29, 1.82) is 0 Å². The van der Waals surface area contributed by atoms with Crippen LogP contribution in [0.3, 0.4) is 0 Å². The van der Waals surface area contributed by atoms with Crippen LogP contribution in [0.1, 0.15) is 23.8 Å². The van der Waals surface area contributed by atoms with Gasteiger partial charge in [0.1, 0.15) is 29.6 Å². The van der Waals surface area contributed by atoms with Crippen molar-refractivity contribution in [2.24, 2.45) is 5.10 Å². The first kappa shape index (κ1) is 20.4. The van der Waals surface area contributed by atoms with Crippen molar-refractivity contribution < 1.29 is 18.7 Å². The number of carbonyl (C=O) groups is 1. The molecule has 1 unspecified atom stereocenters. The summed E-state index contributed by atoms with van der Waals surface area (Å²) >= 11 is 0. The maximum atomic E-state index is 13.1. The molecule has 4 aromatic rings. The number of furan rings is 1. The molecule has 0 fully saturated rings. The number of tetrazole rings is 1. The summed E-state index contributed by atoms with van der Waals surface area (Å²) in [6.07, 6.45) is 3.62. The molecular weight excluding hydrogens is 424 g/mol. The minimum Gasteiger partial charge on any atom is -0.497 e. The summed E-state index contributed by atoms with van der Waals surface area (Å²) in [5.74, 6) is 1.70. The van der Waals surface area contributed by atoms with E-state index < -0.39 is 0 Å². The number of nitrogens with zero attached hydrogens (tertiary/aromatic N) is 6. The Morgan fingerprint density at radius 1 is 1.09 bits per heavy atom. The molecule has 10 nitrogen and oxygen atoms in total. The molecule has 0 N–H and O–H groups in total. The van der Waals surface area contributed by atoms with Crippen molar-refractivity contribution in [2.75, 3.05) is 13.7 Å². The van der Waals surface area contributed by atoms with Gasteiger partial charge < -0.3 is 13.9 Å². The summed E-state index contributed by atoms with van der Waals surface area (Å²) in [4.78, 5) is 13.1. The summed E-state index contributed by atoms with van der Waals surface area (Å²) in [6, 6.07) is 18.0. The SMILES string of the molecule is COc1ccc(C2=NN(C(=O)COc3ccc(-n4cnnn4)cc3)C(c3ccco3)C2)cc1. The van der Waals surface area contributed by atoms with Gasteiger partial charge in [0.15, 0.2) is 6.61 Å². The zero-order valence-electron chi connectivity index (χ0n) is 17.7. The largest absolute Gasteiger partial charge is 0.497 e. The number of hydrazone groups is 1. The number of hydrogen-bond acceptors (Lipinski definition) is 8. The third kappa shape index (κ3) is 4.31. The second kappa shape index (κ2) is 8.95. The second-order valence-corrected chi connectivity index (χ2v) is 7.29. The molecule has 1 aliphatic rings. The van der Waals surface area contributed by atoms with Gasteiger partial charge in [0.2, 0.25) is 0 Å². The molecule has 0 aliphatic carbocycles. The van der Waals surface area contributed by atoms with Crippen molar-refractivity contribution >= 4 is 11.6 Å². The lowest BCUT2D eigenvalue weighted by Gasteiger charge is -2.20. The minimum absolute atomic E-state index is 0.166. The fraction of sp³-hybridized carbons (Fsp3) is 0.174. The molecule has 1 aliphatic heterocycles. The highest BCUT2D eigenvalue weighted by molar-refractivity contribution is 6.03. The average molecular weight is 444 g/mol. The second-order valence-electron chi connectivity index (χ2n) is 7.29. The number of methoxy groups -OCH3 is 1. The Kier molecular flexibility index (Phi) is 5.54. The molecule has 0 saturated carbocycles. The number of rotatable bonds is 7. The van der Waals surface area contributed by atoms with Crippen LogP contribution in [0.15, 0.2) is 82.8 Å². The van der Waals surface area contributed by atoms with Crippen molar-refractivity contribution in [2.45, 2.75) is 12.5 Å². The van der Waals surface area contributed by atoms with Crippen LogP contribution in [0.2, 0.25) is 0 Å². The van der Waals surface area contributed by atoms with Crippen LogP contribution in [0.4, 0.5) is 0 Å². The first-order valence-electron chi connectivity index (χ1n) is 10.2. The molecular formula is C23H20N6O4. The fourth-order valence-corrected chi connectivity index (χ4v) is 3.59. The van der Waals surface area contributed by atoms with Crippen LogP contribution in [-0.4, -0.2) is 50.6 Å². The van der Waals surface area contributed by atoms with E-state index in [0.29, 0.717) is 17.9 Å². The van der Waals surface area contributed by atoms with Gasteiger partial charge in [-0.2, -0.15) is 5.10 Å². The van der Waals surface area contributed by atoms with Crippen LogP contribution in [0.25, 0.3) is 5.69 Å². The van der Waals surface area contributed by atoms with Crippen LogP contribution in [-0.2, 0) is 4.79 Å². The first-order valence-corrected chi connectivity index (χ1v) is 10.2. The quantitative estimate of drug-likeness (QED) is 0.431. The van der Waals surface area contributed by atoms with Gasteiger partial charge in [-0.05, 0) is 76.7 Å². The Labute approximate surface area is 189 Å². The third-order valence-electron chi connectivity index (χ3n) is 5.27. The molecule has 0 saturated heterocycles. The third-order valence-corrected chi connectivity index (χ3v) is 5.27. The van der Waals surface area contributed by atoms with Crippen molar-refractivity contribution in [1.82, 2.24) is 25.2 Å². The zero-order valence-corrected chi connectivity index (χ0v) is 17.7. The number of ether oxygens (including phenoxy) is 2. The van der Waals surface area contributed by atoms with Crippen LogP contribution < -0.4 is 9.47 Å². The molecule has 0 spiro atoms. The number of aromatic nitrogens is 4. The highest BCUT2D eigenvalue weighted by Crippen LogP contribution is 2.33. The van der Waals surface area contributed by atoms with E-state index in [1.165, 1.54) is 16.0 Å². The zero-order chi connectivity index (χ0) is 22.6. The van der Waals surface area contributed by atoms with Gasteiger partial charge in [-0.15, -0.1) is 5.10 Å². The first-order chi connectivity index (χ1) is 16.2. The molecule has 33 heavy (non-hydrogen) atoms. The van der Waals surface area contributed by atoms with Crippen LogP contribution in [0.5, 0.6) is 11.5 Å². The normalized spacial score (nSPS) is 15.4. The van der Waals surface area contributed by atoms with E-state index in [2.05, 4.69) is 20.6 Å². The molecule has 2 aromatic carbocycles. The molecule has 2 aromatic heterocycles. The summed E-state index contributed by atoms with van der Waals surface area (Å²) in [6.45, 7) is -0.166. The van der Waals surface area contributed by atoms with Gasteiger partial charge in [0, 0.05) is 6.42 Å². The lowest BCUT2D eigenvalue weighted by molar-refractivity contribution is -0.135. The highest BCUT2D eigenvalue weighted by Gasteiger charge is 2.35. The Morgan fingerprint density at radius 2 is 1.88 bits per heavy atom. The Morgan fingerprint density at radius 3 is 2.55 bits per heavy atom. The van der Waals surface area contributed by atoms with Crippen LogP contribution >= 0.6 is 0 Å². The number of benzene rings is 2. The van der Waals surface area contributed by atoms with E-state index in [4.69, 9.17) is 13.9 Å². The molecule has 3 heterocycles. The predicted molar refractivity (Wildman–Crippen MR) is 117 cm³/mol. The lowest BCUT2D eigenvalue weighted by Crippen LogP contribution is -2.31. The van der Waals surface area contributed by atoms with Crippen molar-refractivity contribution in [3.8, 4) is 17.2 Å². The standard InChI is InChI=1S/C23H20N6O4/c1-31-18-8-4-16(5-9-18)20-13-21(22-3-2-12-32-22)29(25-20)23(30)14-33-19-10-6-17(7-11-19)28-15-24-26-27-28/h2-12,15,21H,13-14H2,1H3. The van der Waals surface area contributed by atoms with Crippen molar-refractivity contribution in [3.05, 3.63) is 84.6 Å². The molecule has 1 amide bonds. The van der Waals surface area contributed by atoms with E-state index in [0.717, 1.165) is 22.7 Å². The molecule has 0 radical (unpaired) electrons. The van der Waals surface area contributed by atoms with E-state index in [1.54, 1.807) is 43.7 Å². The average Bonchev–Trinajstić information content (AvgIpc) is 3.64.